The lowest BCUT2D eigenvalue weighted by molar-refractivity contribution is -0.145. The van der Waals surface area contributed by atoms with Crippen molar-refractivity contribution in [3.05, 3.63) is 48.0 Å². The Morgan fingerprint density at radius 2 is 1.97 bits per heavy atom. The van der Waals surface area contributed by atoms with Crippen molar-refractivity contribution in [1.29, 1.82) is 0 Å². The molecule has 9 nitrogen and oxygen atoms in total. The summed E-state index contributed by atoms with van der Waals surface area (Å²) in [6.07, 6.45) is -0.765. The average Bonchev–Trinajstić information content (AvgIpc) is 2.82. The molecule has 4 rings (SSSR count). The number of carbonyl (C=O) groups is 1. The van der Waals surface area contributed by atoms with Gasteiger partial charge in [0.1, 0.15) is 12.4 Å². The van der Waals surface area contributed by atoms with Gasteiger partial charge in [-0.25, -0.2) is 13.1 Å². The fourth-order valence-corrected chi connectivity index (χ4v) is 4.40. The molecule has 0 bridgehead atoms. The van der Waals surface area contributed by atoms with Crippen LogP contribution in [0.5, 0.6) is 17.2 Å². The number of sulfonamides is 1. The van der Waals surface area contributed by atoms with Crippen LogP contribution in [0.4, 0.5) is 0 Å². The van der Waals surface area contributed by atoms with Gasteiger partial charge in [-0.05, 0) is 29.8 Å². The topological polar surface area (TPSA) is 103 Å². The highest BCUT2D eigenvalue weighted by atomic mass is 32.2. The van der Waals surface area contributed by atoms with Gasteiger partial charge in [0.15, 0.2) is 11.5 Å². The molecule has 0 radical (unpaired) electrons. The Morgan fingerprint density at radius 3 is 2.74 bits per heavy atom. The zero-order valence-corrected chi connectivity index (χ0v) is 17.9. The largest absolute Gasteiger partial charge is 0.497 e. The van der Waals surface area contributed by atoms with Gasteiger partial charge in [-0.15, -0.1) is 0 Å². The van der Waals surface area contributed by atoms with E-state index in [1.165, 1.54) is 18.2 Å². The molecule has 2 aliphatic rings. The lowest BCUT2D eigenvalue weighted by atomic mass is 10.2. The van der Waals surface area contributed by atoms with E-state index in [9.17, 15) is 13.2 Å². The summed E-state index contributed by atoms with van der Waals surface area (Å²) in [5.41, 5.74) is 0.768. The third-order valence-electron chi connectivity index (χ3n) is 5.08. The van der Waals surface area contributed by atoms with E-state index in [2.05, 4.69) is 4.72 Å². The summed E-state index contributed by atoms with van der Waals surface area (Å²) in [4.78, 5) is 14.3. The van der Waals surface area contributed by atoms with Crippen LogP contribution in [-0.4, -0.2) is 65.3 Å². The molecule has 2 aromatic rings. The summed E-state index contributed by atoms with van der Waals surface area (Å²) in [5.74, 6) is 1.11. The van der Waals surface area contributed by atoms with Gasteiger partial charge >= 0.3 is 0 Å². The smallest absolute Gasteiger partial charge is 0.267 e. The predicted molar refractivity (Wildman–Crippen MR) is 111 cm³/mol. The number of nitrogens with one attached hydrogen (secondary N) is 1. The summed E-state index contributed by atoms with van der Waals surface area (Å²) in [5, 5.41) is 0. The van der Waals surface area contributed by atoms with Crippen LogP contribution in [0.25, 0.3) is 0 Å². The van der Waals surface area contributed by atoms with Crippen LogP contribution in [0.3, 0.4) is 0 Å². The van der Waals surface area contributed by atoms with Gasteiger partial charge < -0.3 is 23.8 Å². The molecule has 1 amide bonds. The van der Waals surface area contributed by atoms with Crippen molar-refractivity contribution >= 4 is 15.9 Å². The molecule has 0 saturated carbocycles. The van der Waals surface area contributed by atoms with Gasteiger partial charge in [0.25, 0.3) is 5.91 Å². The fraction of sp³-hybridized carbons (Fsp3) is 0.381. The standard InChI is InChI=1S/C21H24N2O7S/c1-27-16-4-2-3-15(11-16)13-22-31(25,26)17-5-6-18-19(12-17)29-14-20(30-18)21(24)23-7-9-28-10-8-23/h2-6,11-12,20,22H,7-10,13-14H2,1H3. The van der Waals surface area contributed by atoms with Crippen LogP contribution in [0, 0.1) is 0 Å². The molecule has 1 saturated heterocycles. The number of nitrogens with zero attached hydrogens (tertiary/aromatic N) is 1. The fourth-order valence-electron chi connectivity index (χ4n) is 3.37. The molecular formula is C21H24N2O7S. The Kier molecular flexibility index (Phi) is 6.30. The molecule has 2 aromatic carbocycles. The molecule has 2 heterocycles. The van der Waals surface area contributed by atoms with Gasteiger partial charge in [0.2, 0.25) is 16.1 Å². The number of fused-ring (bicyclic) bond motifs is 1. The maximum atomic E-state index is 12.7. The van der Waals surface area contributed by atoms with E-state index in [0.29, 0.717) is 37.8 Å². The highest BCUT2D eigenvalue weighted by Gasteiger charge is 2.32. The van der Waals surface area contributed by atoms with Crippen molar-refractivity contribution in [2.24, 2.45) is 0 Å². The van der Waals surface area contributed by atoms with E-state index in [-0.39, 0.29) is 29.7 Å². The number of hydrogen-bond donors (Lipinski definition) is 1. The van der Waals surface area contributed by atoms with E-state index in [0.717, 1.165) is 5.56 Å². The van der Waals surface area contributed by atoms with E-state index in [1.54, 1.807) is 36.3 Å². The molecule has 0 spiro atoms. The number of rotatable bonds is 6. The number of ether oxygens (including phenoxy) is 4. The van der Waals surface area contributed by atoms with Crippen molar-refractivity contribution in [3.8, 4) is 17.2 Å². The molecule has 31 heavy (non-hydrogen) atoms. The van der Waals surface area contributed by atoms with E-state index < -0.39 is 16.1 Å². The molecular weight excluding hydrogens is 424 g/mol. The van der Waals surface area contributed by atoms with Crippen molar-refractivity contribution in [1.82, 2.24) is 9.62 Å². The van der Waals surface area contributed by atoms with Crippen molar-refractivity contribution in [2.45, 2.75) is 17.5 Å². The highest BCUT2D eigenvalue weighted by Crippen LogP contribution is 2.34. The summed E-state index contributed by atoms with van der Waals surface area (Å²) < 4.78 is 49.9. The molecule has 10 heteroatoms. The number of amides is 1. The maximum Gasteiger partial charge on any atom is 0.267 e. The second-order valence-electron chi connectivity index (χ2n) is 7.14. The highest BCUT2D eigenvalue weighted by molar-refractivity contribution is 7.89. The molecule has 1 atom stereocenters. The monoisotopic (exact) mass is 448 g/mol. The average molecular weight is 448 g/mol. The van der Waals surface area contributed by atoms with Crippen LogP contribution in [0.1, 0.15) is 5.56 Å². The van der Waals surface area contributed by atoms with Crippen LogP contribution in [0.15, 0.2) is 47.4 Å². The molecule has 0 aliphatic carbocycles. The van der Waals surface area contributed by atoms with Crippen molar-refractivity contribution in [3.63, 3.8) is 0 Å². The summed E-state index contributed by atoms with van der Waals surface area (Å²) in [6, 6.07) is 11.5. The minimum absolute atomic E-state index is 0.0178. The van der Waals surface area contributed by atoms with Gasteiger partial charge in [0, 0.05) is 25.7 Å². The molecule has 0 aromatic heterocycles. The Hall–Kier alpha value is -2.82. The third kappa shape index (κ3) is 4.92. The first kappa shape index (κ1) is 21.4. The molecule has 1 unspecified atom stereocenters. The van der Waals surface area contributed by atoms with Crippen LogP contribution >= 0.6 is 0 Å². The normalized spacial score (nSPS) is 18.5. The number of hydrogen-bond acceptors (Lipinski definition) is 7. The van der Waals surface area contributed by atoms with Gasteiger partial charge in [0.05, 0.1) is 25.2 Å². The minimum Gasteiger partial charge on any atom is -0.497 e. The third-order valence-corrected chi connectivity index (χ3v) is 6.48. The Morgan fingerprint density at radius 1 is 1.16 bits per heavy atom. The summed E-state index contributed by atoms with van der Waals surface area (Å²) in [7, 11) is -2.22. The van der Waals surface area contributed by atoms with Crippen molar-refractivity contribution in [2.75, 3.05) is 40.0 Å². The van der Waals surface area contributed by atoms with E-state index in [1.807, 2.05) is 0 Å². The number of benzene rings is 2. The maximum absolute atomic E-state index is 12.7. The van der Waals surface area contributed by atoms with Gasteiger partial charge in [-0.3, -0.25) is 4.79 Å². The van der Waals surface area contributed by atoms with Crippen molar-refractivity contribution < 1.29 is 32.2 Å². The molecule has 2 aliphatic heterocycles. The molecule has 166 valence electrons. The quantitative estimate of drug-likeness (QED) is 0.708. The predicted octanol–water partition coefficient (Wildman–Crippen LogP) is 1.17. The summed E-state index contributed by atoms with van der Waals surface area (Å²) in [6.45, 7) is 2.16. The second-order valence-corrected chi connectivity index (χ2v) is 8.91. The number of carbonyl (C=O) groups excluding carboxylic acids is 1. The zero-order chi connectivity index (χ0) is 21.8. The Labute approximate surface area is 180 Å². The molecule has 1 N–H and O–H groups in total. The Balaban J connectivity index is 1.42. The van der Waals surface area contributed by atoms with Gasteiger partial charge in [-0.1, -0.05) is 12.1 Å². The zero-order valence-electron chi connectivity index (χ0n) is 17.1. The first-order chi connectivity index (χ1) is 15.0. The van der Waals surface area contributed by atoms with E-state index >= 15 is 0 Å². The first-order valence-corrected chi connectivity index (χ1v) is 11.4. The van der Waals surface area contributed by atoms with Crippen LogP contribution < -0.4 is 18.9 Å². The van der Waals surface area contributed by atoms with Crippen LogP contribution in [0.2, 0.25) is 0 Å². The lowest BCUT2D eigenvalue weighted by Crippen LogP contribution is -2.50. The SMILES string of the molecule is COc1cccc(CNS(=O)(=O)c2ccc3c(c2)OCC(C(=O)N2CCOCC2)O3)c1. The number of methoxy groups -OCH3 is 1. The second kappa shape index (κ2) is 9.13. The van der Waals surface area contributed by atoms with Crippen LogP contribution in [-0.2, 0) is 26.1 Å². The van der Waals surface area contributed by atoms with E-state index in [4.69, 9.17) is 18.9 Å². The lowest BCUT2D eigenvalue weighted by Gasteiger charge is -2.32. The summed E-state index contributed by atoms with van der Waals surface area (Å²) >= 11 is 0. The number of morpholine rings is 1. The Bertz CT molecular complexity index is 1050. The minimum atomic E-state index is -3.77. The molecule has 1 fully saturated rings. The van der Waals surface area contributed by atoms with Gasteiger partial charge in [-0.2, -0.15) is 0 Å². The first-order valence-electron chi connectivity index (χ1n) is 9.89.